The summed E-state index contributed by atoms with van der Waals surface area (Å²) in [4.78, 5) is 12.7. The molecule has 5 unspecified atom stereocenters. The normalized spacial score (nSPS) is 29.9. The summed E-state index contributed by atoms with van der Waals surface area (Å²) in [6, 6.07) is 17.2. The number of aliphatic hydroxyl groups excluding tert-OH is 1. The average molecular weight is 511 g/mol. The summed E-state index contributed by atoms with van der Waals surface area (Å²) in [7, 11) is 0. The van der Waals surface area contributed by atoms with Crippen molar-refractivity contribution in [2.45, 2.75) is 75.7 Å². The topological polar surface area (TPSA) is 37.3 Å². The van der Waals surface area contributed by atoms with Gasteiger partial charge >= 0.3 is 0 Å². The maximum absolute atomic E-state index is 11.5. The number of hydrogen-bond acceptors (Lipinski definition) is 3. The third-order valence-electron chi connectivity index (χ3n) is 9.25. The first kappa shape index (κ1) is 26.1. The van der Waals surface area contributed by atoms with Crippen molar-refractivity contribution in [2.75, 3.05) is 6.26 Å². The number of carbonyl (C=O) groups excluding carboxylic acids is 1. The summed E-state index contributed by atoms with van der Waals surface area (Å²) in [5.41, 5.74) is 7.53. The molecule has 0 aromatic heterocycles. The van der Waals surface area contributed by atoms with E-state index < -0.39 is 0 Å². The molecule has 0 saturated heterocycles. The van der Waals surface area contributed by atoms with Crippen LogP contribution in [0, 0.1) is 29.1 Å². The maximum atomic E-state index is 11.5. The Bertz CT molecular complexity index is 1260. The largest absolute Gasteiger partial charge is 0.393 e. The smallest absolute Gasteiger partial charge is 0.143 e. The van der Waals surface area contributed by atoms with Gasteiger partial charge < -0.3 is 5.11 Å². The number of aliphatic hydroxyl groups is 1. The summed E-state index contributed by atoms with van der Waals surface area (Å²) >= 11 is 1.74. The highest BCUT2D eigenvalue weighted by Gasteiger charge is 2.56. The van der Waals surface area contributed by atoms with Gasteiger partial charge in [0.25, 0.3) is 0 Å². The first-order chi connectivity index (χ1) is 18.0. The van der Waals surface area contributed by atoms with Crippen LogP contribution in [0.3, 0.4) is 0 Å². The Morgan fingerprint density at radius 1 is 1.03 bits per heavy atom. The predicted molar refractivity (Wildman–Crippen MR) is 154 cm³/mol. The number of allylic oxidation sites excluding steroid dienone is 4. The van der Waals surface area contributed by atoms with Gasteiger partial charge in [0, 0.05) is 21.9 Å². The van der Waals surface area contributed by atoms with Gasteiger partial charge in [0.05, 0.1) is 6.10 Å². The summed E-state index contributed by atoms with van der Waals surface area (Å²) in [6.07, 6.45) is 11.8. The molecule has 0 aliphatic heterocycles. The van der Waals surface area contributed by atoms with Crippen LogP contribution >= 0.6 is 11.8 Å². The molecule has 3 aliphatic carbocycles. The SMILES string of the molecule is CCCC1=C2C(c3ccc(C#Cc4ccc(SC)cc4)cc3)CC3(C)C(O)CCC3C2CC/C1=C/C=O. The number of carbonyl (C=O) groups is 1. The molecule has 1 N–H and O–H groups in total. The van der Waals surface area contributed by atoms with Gasteiger partial charge in [-0.1, -0.05) is 49.8 Å². The summed E-state index contributed by atoms with van der Waals surface area (Å²) in [5.74, 6) is 7.93. The Hall–Kier alpha value is -2.54. The molecule has 192 valence electrons. The first-order valence-electron chi connectivity index (χ1n) is 13.8. The molecule has 3 heteroatoms. The Kier molecular flexibility index (Phi) is 7.80. The fraction of sp³-hybridized carbons (Fsp3) is 0.441. The van der Waals surface area contributed by atoms with Gasteiger partial charge in [-0.2, -0.15) is 0 Å². The summed E-state index contributed by atoms with van der Waals surface area (Å²) in [6.45, 7) is 4.57. The van der Waals surface area contributed by atoms with E-state index in [1.54, 1.807) is 17.3 Å². The molecule has 5 rings (SSSR count). The highest BCUT2D eigenvalue weighted by atomic mass is 32.2. The molecule has 3 aliphatic rings. The molecule has 2 saturated carbocycles. The van der Waals surface area contributed by atoms with Crippen LogP contribution in [0.2, 0.25) is 0 Å². The van der Waals surface area contributed by atoms with Gasteiger partial charge in [0.2, 0.25) is 0 Å². The van der Waals surface area contributed by atoms with Gasteiger partial charge in [0.15, 0.2) is 0 Å². The Labute approximate surface area is 226 Å². The van der Waals surface area contributed by atoms with Crippen LogP contribution in [-0.2, 0) is 4.79 Å². The zero-order valence-corrected chi connectivity index (χ0v) is 23.1. The highest BCUT2D eigenvalue weighted by molar-refractivity contribution is 7.98. The lowest BCUT2D eigenvalue weighted by molar-refractivity contribution is -0.104. The molecule has 2 aromatic rings. The fourth-order valence-corrected chi connectivity index (χ4v) is 7.80. The number of rotatable bonds is 5. The lowest BCUT2D eigenvalue weighted by atomic mass is 9.53. The van der Waals surface area contributed by atoms with Gasteiger partial charge in [0.1, 0.15) is 6.29 Å². The summed E-state index contributed by atoms with van der Waals surface area (Å²) < 4.78 is 0. The van der Waals surface area contributed by atoms with Crippen LogP contribution in [0.15, 0.2) is 76.2 Å². The molecule has 2 fully saturated rings. The van der Waals surface area contributed by atoms with Crippen molar-refractivity contribution in [1.29, 1.82) is 0 Å². The molecule has 0 amide bonds. The molecular weight excluding hydrogens is 472 g/mol. The molecule has 0 spiro atoms. The van der Waals surface area contributed by atoms with Crippen LogP contribution in [0.5, 0.6) is 0 Å². The molecular formula is C34H38O2S. The zero-order valence-electron chi connectivity index (χ0n) is 22.3. The molecule has 2 nitrogen and oxygen atoms in total. The third-order valence-corrected chi connectivity index (χ3v) is 9.99. The van der Waals surface area contributed by atoms with Crippen molar-refractivity contribution in [2.24, 2.45) is 17.3 Å². The van der Waals surface area contributed by atoms with Crippen LogP contribution in [-0.4, -0.2) is 23.8 Å². The number of benzene rings is 2. The third kappa shape index (κ3) is 4.99. The fourth-order valence-electron chi connectivity index (χ4n) is 7.39. The number of hydrogen-bond donors (Lipinski definition) is 1. The molecule has 37 heavy (non-hydrogen) atoms. The van der Waals surface area contributed by atoms with E-state index in [1.165, 1.54) is 21.6 Å². The van der Waals surface area contributed by atoms with Gasteiger partial charge in [-0.05, 0) is 121 Å². The molecule has 0 radical (unpaired) electrons. The summed E-state index contributed by atoms with van der Waals surface area (Å²) in [5, 5.41) is 11.1. The second kappa shape index (κ2) is 11.1. The van der Waals surface area contributed by atoms with E-state index in [0.717, 1.165) is 62.4 Å². The standard InChI is InChI=1S/C34H38O2S/c1-4-5-28-26(20-21-35)14-17-29-31-18-19-32(36)34(31,2)22-30(33(28)29)25-12-8-23(9-13-25)6-7-24-10-15-27(37-3)16-11-24/h8-13,15-16,20-21,29-32,36H,4-5,14,17-19,22H2,1-3H3/b26-20-. The van der Waals surface area contributed by atoms with Crippen molar-refractivity contribution >= 4 is 18.0 Å². The van der Waals surface area contributed by atoms with Gasteiger partial charge in [-0.15, -0.1) is 11.8 Å². The average Bonchev–Trinajstić information content (AvgIpc) is 3.23. The lowest BCUT2D eigenvalue weighted by Gasteiger charge is -2.51. The van der Waals surface area contributed by atoms with Crippen LogP contribution in [0.25, 0.3) is 0 Å². The second-order valence-electron chi connectivity index (χ2n) is 11.2. The van der Waals surface area contributed by atoms with E-state index in [4.69, 9.17) is 0 Å². The minimum atomic E-state index is -0.231. The van der Waals surface area contributed by atoms with E-state index in [0.29, 0.717) is 11.8 Å². The number of aldehydes is 1. The van der Waals surface area contributed by atoms with E-state index in [2.05, 4.69) is 80.5 Å². The lowest BCUT2D eigenvalue weighted by Crippen LogP contribution is -2.44. The Morgan fingerprint density at radius 2 is 1.70 bits per heavy atom. The van der Waals surface area contributed by atoms with Gasteiger partial charge in [-0.25, -0.2) is 0 Å². The van der Waals surface area contributed by atoms with E-state index in [-0.39, 0.29) is 17.4 Å². The Morgan fingerprint density at radius 3 is 2.32 bits per heavy atom. The van der Waals surface area contributed by atoms with Crippen molar-refractivity contribution in [3.05, 3.63) is 88.0 Å². The van der Waals surface area contributed by atoms with Crippen LogP contribution in [0.1, 0.15) is 81.4 Å². The monoisotopic (exact) mass is 510 g/mol. The van der Waals surface area contributed by atoms with Crippen LogP contribution in [0.4, 0.5) is 0 Å². The van der Waals surface area contributed by atoms with E-state index in [9.17, 15) is 9.90 Å². The minimum Gasteiger partial charge on any atom is -0.393 e. The van der Waals surface area contributed by atoms with Crippen LogP contribution < -0.4 is 0 Å². The van der Waals surface area contributed by atoms with Crippen molar-refractivity contribution in [3.63, 3.8) is 0 Å². The van der Waals surface area contributed by atoms with Crippen molar-refractivity contribution in [3.8, 4) is 11.8 Å². The van der Waals surface area contributed by atoms with E-state index in [1.807, 2.05) is 6.08 Å². The maximum Gasteiger partial charge on any atom is 0.143 e. The van der Waals surface area contributed by atoms with E-state index >= 15 is 0 Å². The number of thioether (sulfide) groups is 1. The highest BCUT2D eigenvalue weighted by Crippen LogP contribution is 2.63. The zero-order chi connectivity index (χ0) is 26.0. The molecule has 2 aromatic carbocycles. The quantitative estimate of drug-likeness (QED) is 0.194. The molecule has 0 heterocycles. The predicted octanol–water partition coefficient (Wildman–Crippen LogP) is 7.70. The second-order valence-corrected chi connectivity index (χ2v) is 12.1. The molecule has 5 atom stereocenters. The Balaban J connectivity index is 1.52. The van der Waals surface area contributed by atoms with Crippen molar-refractivity contribution in [1.82, 2.24) is 0 Å². The molecule has 0 bridgehead atoms. The first-order valence-corrected chi connectivity index (χ1v) is 15.0. The van der Waals surface area contributed by atoms with Crippen molar-refractivity contribution < 1.29 is 9.90 Å². The minimum absolute atomic E-state index is 0.0521. The van der Waals surface area contributed by atoms with Gasteiger partial charge in [-0.3, -0.25) is 4.79 Å². The number of fused-ring (bicyclic) bond motifs is 3.